The third-order valence-corrected chi connectivity index (χ3v) is 3.71. The molecule has 2 aromatic rings. The van der Waals surface area contributed by atoms with Crippen molar-refractivity contribution in [1.82, 2.24) is 0 Å². The van der Waals surface area contributed by atoms with E-state index >= 15 is 0 Å². The van der Waals surface area contributed by atoms with Crippen molar-refractivity contribution in [2.45, 2.75) is 19.8 Å². The fourth-order valence-corrected chi connectivity index (χ4v) is 2.59. The maximum atomic E-state index is 2.36. The Morgan fingerprint density at radius 1 is 0.947 bits per heavy atom. The minimum absolute atomic E-state index is 1.12. The third kappa shape index (κ3) is 2.53. The van der Waals surface area contributed by atoms with E-state index in [0.717, 1.165) is 12.8 Å². The molecule has 0 unspecified atom stereocenters. The van der Waals surface area contributed by atoms with Crippen molar-refractivity contribution >= 4 is 18.2 Å². The van der Waals surface area contributed by atoms with E-state index in [1.807, 2.05) is 6.07 Å². The van der Waals surface area contributed by atoms with Crippen LogP contribution in [-0.2, 0) is 6.42 Å². The highest BCUT2D eigenvalue weighted by molar-refractivity contribution is 5.79. The van der Waals surface area contributed by atoms with Gasteiger partial charge in [0.25, 0.3) is 0 Å². The standard InChI is InChI=1S/C19H18/c1-2-15-13-18-10-6-9-17(19(18)14-15)12-11-16-7-4-3-5-8-16/h3-12,14H,2,13H2,1H3. The van der Waals surface area contributed by atoms with Crippen LogP contribution in [0.25, 0.3) is 18.2 Å². The second kappa shape index (κ2) is 5.27. The summed E-state index contributed by atoms with van der Waals surface area (Å²) in [6, 6.07) is 17.1. The monoisotopic (exact) mass is 246 g/mol. The quantitative estimate of drug-likeness (QED) is 0.652. The van der Waals surface area contributed by atoms with Gasteiger partial charge in [-0.15, -0.1) is 0 Å². The summed E-state index contributed by atoms with van der Waals surface area (Å²) in [7, 11) is 0. The van der Waals surface area contributed by atoms with E-state index in [9.17, 15) is 0 Å². The lowest BCUT2D eigenvalue weighted by molar-refractivity contribution is 1.04. The van der Waals surface area contributed by atoms with Crippen LogP contribution in [0.15, 0.2) is 54.1 Å². The van der Waals surface area contributed by atoms with Gasteiger partial charge in [-0.1, -0.05) is 79.3 Å². The normalized spacial score (nSPS) is 13.6. The smallest absolute Gasteiger partial charge is 0.00577 e. The Kier molecular flexibility index (Phi) is 3.33. The van der Waals surface area contributed by atoms with E-state index in [4.69, 9.17) is 0 Å². The van der Waals surface area contributed by atoms with Gasteiger partial charge in [-0.2, -0.15) is 0 Å². The highest BCUT2D eigenvalue weighted by Gasteiger charge is 2.12. The molecular weight excluding hydrogens is 228 g/mol. The molecule has 0 nitrogen and oxygen atoms in total. The molecule has 0 aliphatic heterocycles. The average Bonchev–Trinajstić information content (AvgIpc) is 2.90. The second-order valence-corrected chi connectivity index (χ2v) is 5.00. The van der Waals surface area contributed by atoms with E-state index in [2.05, 4.69) is 67.6 Å². The molecule has 3 rings (SSSR count). The maximum absolute atomic E-state index is 2.36. The number of allylic oxidation sites excluding steroid dienone is 1. The summed E-state index contributed by atoms with van der Waals surface area (Å²) in [6.45, 7) is 2.23. The molecule has 19 heavy (non-hydrogen) atoms. The van der Waals surface area contributed by atoms with Crippen LogP contribution < -0.4 is 0 Å². The van der Waals surface area contributed by atoms with Crippen molar-refractivity contribution < 1.29 is 0 Å². The largest absolute Gasteiger partial charge is 0.0655 e. The SMILES string of the molecule is CCC1=Cc2c(C=Cc3ccccc3)cccc2C1. The molecule has 0 fully saturated rings. The van der Waals surface area contributed by atoms with Crippen molar-refractivity contribution in [2.24, 2.45) is 0 Å². The van der Waals surface area contributed by atoms with Gasteiger partial charge in [0.2, 0.25) is 0 Å². The van der Waals surface area contributed by atoms with Crippen LogP contribution >= 0.6 is 0 Å². The Hall–Kier alpha value is -2.08. The molecule has 0 atom stereocenters. The first kappa shape index (κ1) is 12.0. The lowest BCUT2D eigenvalue weighted by Gasteiger charge is -2.02. The molecule has 0 spiro atoms. The van der Waals surface area contributed by atoms with Crippen LogP contribution in [0, 0.1) is 0 Å². The van der Waals surface area contributed by atoms with Crippen LogP contribution in [-0.4, -0.2) is 0 Å². The first-order chi connectivity index (χ1) is 9.36. The summed E-state index contributed by atoms with van der Waals surface area (Å²) in [5, 5.41) is 0. The summed E-state index contributed by atoms with van der Waals surface area (Å²) < 4.78 is 0. The van der Waals surface area contributed by atoms with Gasteiger partial charge in [-0.25, -0.2) is 0 Å². The van der Waals surface area contributed by atoms with Gasteiger partial charge in [0, 0.05) is 0 Å². The predicted molar refractivity (Wildman–Crippen MR) is 83.8 cm³/mol. The topological polar surface area (TPSA) is 0 Å². The number of rotatable bonds is 3. The van der Waals surface area contributed by atoms with Crippen LogP contribution in [0.4, 0.5) is 0 Å². The molecule has 0 amide bonds. The molecule has 0 heteroatoms. The Morgan fingerprint density at radius 2 is 1.79 bits per heavy atom. The molecule has 1 aliphatic carbocycles. The van der Waals surface area contributed by atoms with Crippen molar-refractivity contribution in [3.63, 3.8) is 0 Å². The van der Waals surface area contributed by atoms with Crippen LogP contribution in [0.5, 0.6) is 0 Å². The molecule has 0 radical (unpaired) electrons. The minimum atomic E-state index is 1.12. The highest BCUT2D eigenvalue weighted by atomic mass is 14.2. The molecule has 2 aromatic carbocycles. The summed E-state index contributed by atoms with van der Waals surface area (Å²) >= 11 is 0. The summed E-state index contributed by atoms with van der Waals surface area (Å²) in [6.07, 6.45) is 9.05. The average molecular weight is 246 g/mol. The molecule has 0 N–H and O–H groups in total. The van der Waals surface area contributed by atoms with E-state index < -0.39 is 0 Å². The number of fused-ring (bicyclic) bond motifs is 1. The zero-order valence-corrected chi connectivity index (χ0v) is 11.3. The van der Waals surface area contributed by atoms with Gasteiger partial charge < -0.3 is 0 Å². The summed E-state index contributed by atoms with van der Waals surface area (Å²) in [5.74, 6) is 0. The third-order valence-electron chi connectivity index (χ3n) is 3.71. The Bertz CT molecular complexity index is 630. The Labute approximate surface area is 115 Å². The number of hydrogen-bond donors (Lipinski definition) is 0. The van der Waals surface area contributed by atoms with Crippen molar-refractivity contribution in [3.8, 4) is 0 Å². The molecule has 0 aromatic heterocycles. The van der Waals surface area contributed by atoms with Gasteiger partial charge in [0.15, 0.2) is 0 Å². The fraction of sp³-hybridized carbons (Fsp3) is 0.158. The number of hydrogen-bond acceptors (Lipinski definition) is 0. The van der Waals surface area contributed by atoms with E-state index in [1.165, 1.54) is 27.8 Å². The first-order valence-corrected chi connectivity index (χ1v) is 6.91. The van der Waals surface area contributed by atoms with Gasteiger partial charge >= 0.3 is 0 Å². The van der Waals surface area contributed by atoms with Gasteiger partial charge in [-0.05, 0) is 35.1 Å². The molecule has 0 saturated heterocycles. The van der Waals surface area contributed by atoms with Crippen LogP contribution in [0.3, 0.4) is 0 Å². The van der Waals surface area contributed by atoms with Gasteiger partial charge in [-0.3, -0.25) is 0 Å². The van der Waals surface area contributed by atoms with Crippen molar-refractivity contribution in [2.75, 3.05) is 0 Å². The Balaban J connectivity index is 1.93. The second-order valence-electron chi connectivity index (χ2n) is 5.00. The van der Waals surface area contributed by atoms with Crippen LogP contribution in [0.2, 0.25) is 0 Å². The zero-order chi connectivity index (χ0) is 13.1. The molecule has 0 heterocycles. The highest BCUT2D eigenvalue weighted by Crippen LogP contribution is 2.30. The van der Waals surface area contributed by atoms with E-state index in [-0.39, 0.29) is 0 Å². The molecule has 0 saturated carbocycles. The van der Waals surface area contributed by atoms with Crippen molar-refractivity contribution in [3.05, 3.63) is 76.4 Å². The van der Waals surface area contributed by atoms with E-state index in [1.54, 1.807) is 0 Å². The zero-order valence-electron chi connectivity index (χ0n) is 11.3. The minimum Gasteiger partial charge on any atom is -0.0655 e. The van der Waals surface area contributed by atoms with E-state index in [0.29, 0.717) is 0 Å². The van der Waals surface area contributed by atoms with Crippen molar-refractivity contribution in [1.29, 1.82) is 0 Å². The fourth-order valence-electron chi connectivity index (χ4n) is 2.59. The van der Waals surface area contributed by atoms with Crippen LogP contribution in [0.1, 0.15) is 35.6 Å². The predicted octanol–water partition coefficient (Wildman–Crippen LogP) is 5.21. The van der Waals surface area contributed by atoms with Gasteiger partial charge in [0.1, 0.15) is 0 Å². The molecule has 0 bridgehead atoms. The van der Waals surface area contributed by atoms with Gasteiger partial charge in [0.05, 0.1) is 0 Å². The Morgan fingerprint density at radius 3 is 2.58 bits per heavy atom. The first-order valence-electron chi connectivity index (χ1n) is 6.91. The lowest BCUT2D eigenvalue weighted by Crippen LogP contribution is -1.85. The maximum Gasteiger partial charge on any atom is -0.00577 e. The molecule has 94 valence electrons. The summed E-state index contributed by atoms with van der Waals surface area (Å²) in [5.41, 5.74) is 6.98. The molecule has 1 aliphatic rings. The molecular formula is C19H18. The summed E-state index contributed by atoms with van der Waals surface area (Å²) in [4.78, 5) is 0. The lowest BCUT2D eigenvalue weighted by atomic mass is 10.0. The number of benzene rings is 2.